The van der Waals surface area contributed by atoms with Crippen LogP contribution in [0, 0.1) is 5.82 Å². The van der Waals surface area contributed by atoms with Crippen molar-refractivity contribution in [2.75, 3.05) is 4.90 Å². The van der Waals surface area contributed by atoms with Gasteiger partial charge < -0.3 is 13.9 Å². The molecule has 264 valence electrons. The second-order valence-corrected chi connectivity index (χ2v) is 14.3. The number of para-hydroxylation sites is 3. The molecule has 0 aliphatic rings. The molecule has 0 spiro atoms. The maximum atomic E-state index is 15.4. The summed E-state index contributed by atoms with van der Waals surface area (Å²) >= 11 is 0. The van der Waals surface area contributed by atoms with Gasteiger partial charge in [0.1, 0.15) is 17.0 Å². The zero-order chi connectivity index (χ0) is 37.2. The topological polar surface area (TPSA) is 21.3 Å². The van der Waals surface area contributed by atoms with Gasteiger partial charge >= 0.3 is 0 Å². The minimum Gasteiger partial charge on any atom is -0.455 e. The van der Waals surface area contributed by atoms with E-state index in [0.29, 0.717) is 5.39 Å². The highest BCUT2D eigenvalue weighted by Crippen LogP contribution is 2.41. The third-order valence-corrected chi connectivity index (χ3v) is 11.0. The summed E-state index contributed by atoms with van der Waals surface area (Å²) in [4.78, 5) is 2.29. The lowest BCUT2D eigenvalue weighted by molar-refractivity contribution is 0.640. The molecule has 2 aromatic heterocycles. The summed E-state index contributed by atoms with van der Waals surface area (Å²) in [5, 5.41) is 6.19. The van der Waals surface area contributed by atoms with Gasteiger partial charge in [0, 0.05) is 49.9 Å². The number of halogens is 1. The fourth-order valence-electron chi connectivity index (χ4n) is 8.41. The van der Waals surface area contributed by atoms with Crippen LogP contribution in [0.25, 0.3) is 82.5 Å². The molecule has 11 rings (SSSR count). The number of anilines is 3. The first-order chi connectivity index (χ1) is 27.7. The molecule has 4 heteroatoms. The quantitative estimate of drug-likeness (QED) is 0.171. The summed E-state index contributed by atoms with van der Waals surface area (Å²) in [7, 11) is 0. The van der Waals surface area contributed by atoms with Crippen LogP contribution in [0.3, 0.4) is 0 Å². The van der Waals surface area contributed by atoms with Crippen molar-refractivity contribution in [2.45, 2.75) is 0 Å². The molecule has 0 aliphatic heterocycles. The van der Waals surface area contributed by atoms with Crippen LogP contribution in [-0.4, -0.2) is 4.57 Å². The van der Waals surface area contributed by atoms with E-state index >= 15 is 4.39 Å². The van der Waals surface area contributed by atoms with Gasteiger partial charge in [0.2, 0.25) is 0 Å². The number of nitrogens with zero attached hydrogens (tertiary/aromatic N) is 2. The van der Waals surface area contributed by atoms with Crippen molar-refractivity contribution >= 4 is 71.6 Å². The monoisotopic (exact) mass is 720 g/mol. The first-order valence-electron chi connectivity index (χ1n) is 18.9. The Morgan fingerprint density at radius 3 is 1.91 bits per heavy atom. The molecule has 0 saturated heterocycles. The minimum atomic E-state index is -0.222. The van der Waals surface area contributed by atoms with Crippen molar-refractivity contribution in [3.8, 4) is 27.9 Å². The largest absolute Gasteiger partial charge is 0.455 e. The average molecular weight is 721 g/mol. The number of fused-ring (bicyclic) bond motifs is 7. The van der Waals surface area contributed by atoms with Crippen LogP contribution in [-0.2, 0) is 0 Å². The van der Waals surface area contributed by atoms with E-state index < -0.39 is 0 Å². The Bertz CT molecular complexity index is 3270. The van der Waals surface area contributed by atoms with E-state index in [0.717, 1.165) is 77.8 Å². The number of hydrogen-bond donors (Lipinski definition) is 0. The van der Waals surface area contributed by atoms with Crippen LogP contribution in [0.4, 0.5) is 21.5 Å². The normalized spacial score (nSPS) is 11.7. The molecule has 0 fully saturated rings. The van der Waals surface area contributed by atoms with Crippen LogP contribution in [0.1, 0.15) is 0 Å². The van der Waals surface area contributed by atoms with Gasteiger partial charge in [-0.05, 0) is 100 Å². The highest BCUT2D eigenvalue weighted by molar-refractivity contribution is 6.10. The van der Waals surface area contributed by atoms with Crippen LogP contribution >= 0.6 is 0 Å². The highest BCUT2D eigenvalue weighted by atomic mass is 19.1. The van der Waals surface area contributed by atoms with Gasteiger partial charge in [-0.2, -0.15) is 0 Å². The molecule has 2 heterocycles. The summed E-state index contributed by atoms with van der Waals surface area (Å²) in [6.07, 6.45) is 0. The maximum Gasteiger partial charge on any atom is 0.143 e. The van der Waals surface area contributed by atoms with E-state index in [4.69, 9.17) is 4.42 Å². The zero-order valence-corrected chi connectivity index (χ0v) is 30.2. The van der Waals surface area contributed by atoms with Crippen LogP contribution in [0.15, 0.2) is 205 Å². The summed E-state index contributed by atoms with van der Waals surface area (Å²) in [5.41, 5.74) is 12.0. The van der Waals surface area contributed by atoms with Crippen molar-refractivity contribution < 1.29 is 8.81 Å². The predicted molar refractivity (Wildman–Crippen MR) is 231 cm³/mol. The second-order valence-electron chi connectivity index (χ2n) is 14.3. The molecule has 3 nitrogen and oxygen atoms in total. The van der Waals surface area contributed by atoms with Gasteiger partial charge in [-0.1, -0.05) is 127 Å². The Morgan fingerprint density at radius 1 is 0.429 bits per heavy atom. The third kappa shape index (κ3) is 5.19. The van der Waals surface area contributed by atoms with Gasteiger partial charge in [0.25, 0.3) is 0 Å². The summed E-state index contributed by atoms with van der Waals surface area (Å²) < 4.78 is 24.0. The second kappa shape index (κ2) is 12.9. The van der Waals surface area contributed by atoms with E-state index in [1.807, 2.05) is 36.4 Å². The molecule has 0 amide bonds. The average Bonchev–Trinajstić information content (AvgIpc) is 3.81. The Morgan fingerprint density at radius 2 is 1.07 bits per heavy atom. The summed E-state index contributed by atoms with van der Waals surface area (Å²) in [6.45, 7) is 0. The predicted octanol–water partition coefficient (Wildman–Crippen LogP) is 14.8. The van der Waals surface area contributed by atoms with Crippen molar-refractivity contribution in [2.24, 2.45) is 0 Å². The summed E-state index contributed by atoms with van der Waals surface area (Å²) in [6, 6.07) is 69.0. The van der Waals surface area contributed by atoms with Crippen molar-refractivity contribution in [3.05, 3.63) is 206 Å². The number of benzene rings is 9. The van der Waals surface area contributed by atoms with Crippen molar-refractivity contribution in [1.82, 2.24) is 4.57 Å². The third-order valence-electron chi connectivity index (χ3n) is 11.0. The first kappa shape index (κ1) is 32.0. The first-order valence-corrected chi connectivity index (χ1v) is 18.9. The zero-order valence-electron chi connectivity index (χ0n) is 30.2. The standard InChI is InChI=1S/C52H33FN2O/c53-47-18-9-20-49-51(47)46-15-3-5-19-48(46)55(49)42-13-7-12-41(33-42)54(39-28-24-35(25-29-39)38-23-22-34-10-1-2-11-37(34)32-38)40-30-26-36(27-31-40)43-16-8-17-45-44-14-4-6-21-50(44)56-52(43)45/h1-33H. The molecular weight excluding hydrogens is 688 g/mol. The molecular formula is C52H33FN2O. The van der Waals surface area contributed by atoms with Gasteiger partial charge in [0.05, 0.1) is 11.0 Å². The van der Waals surface area contributed by atoms with Gasteiger partial charge in [-0.25, -0.2) is 4.39 Å². The van der Waals surface area contributed by atoms with Crippen LogP contribution in [0.5, 0.6) is 0 Å². The smallest absolute Gasteiger partial charge is 0.143 e. The SMILES string of the molecule is Fc1cccc2c1c1ccccc1n2-c1cccc(N(c2ccc(-c3ccc4ccccc4c3)cc2)c2ccc(-c3cccc4c3oc3ccccc34)cc2)c1. The molecule has 0 bridgehead atoms. The highest BCUT2D eigenvalue weighted by Gasteiger charge is 2.19. The Hall–Kier alpha value is -7.43. The van der Waals surface area contributed by atoms with Gasteiger partial charge in [0.15, 0.2) is 0 Å². The van der Waals surface area contributed by atoms with Crippen molar-refractivity contribution in [1.29, 1.82) is 0 Å². The molecule has 0 atom stereocenters. The molecule has 0 radical (unpaired) electrons. The van der Waals surface area contributed by atoms with E-state index in [9.17, 15) is 0 Å². The van der Waals surface area contributed by atoms with Gasteiger partial charge in [-0.3, -0.25) is 0 Å². The molecule has 0 N–H and O–H groups in total. The molecule has 9 aromatic carbocycles. The maximum absolute atomic E-state index is 15.4. The lowest BCUT2D eigenvalue weighted by Gasteiger charge is -2.26. The lowest BCUT2D eigenvalue weighted by atomic mass is 10.0. The van der Waals surface area contributed by atoms with Crippen LogP contribution in [0.2, 0.25) is 0 Å². The molecule has 56 heavy (non-hydrogen) atoms. The van der Waals surface area contributed by atoms with E-state index in [1.165, 1.54) is 22.4 Å². The number of rotatable bonds is 6. The van der Waals surface area contributed by atoms with Crippen LogP contribution < -0.4 is 4.90 Å². The number of hydrogen-bond acceptors (Lipinski definition) is 2. The lowest BCUT2D eigenvalue weighted by Crippen LogP contribution is -2.10. The molecule has 0 saturated carbocycles. The Balaban J connectivity index is 1.05. The fraction of sp³-hybridized carbons (Fsp3) is 0. The van der Waals surface area contributed by atoms with Gasteiger partial charge in [-0.15, -0.1) is 0 Å². The number of aromatic nitrogens is 1. The fourth-order valence-corrected chi connectivity index (χ4v) is 8.41. The molecule has 11 aromatic rings. The van der Waals surface area contributed by atoms with E-state index in [2.05, 4.69) is 161 Å². The molecule has 0 aliphatic carbocycles. The van der Waals surface area contributed by atoms with E-state index in [1.54, 1.807) is 6.07 Å². The Kier molecular flexibility index (Phi) is 7.36. The van der Waals surface area contributed by atoms with Crippen molar-refractivity contribution in [3.63, 3.8) is 0 Å². The minimum absolute atomic E-state index is 0.222. The summed E-state index contributed by atoms with van der Waals surface area (Å²) in [5.74, 6) is -0.222. The number of furan rings is 1. The molecule has 0 unspecified atom stereocenters. The van der Waals surface area contributed by atoms with E-state index in [-0.39, 0.29) is 5.82 Å². The Labute approximate surface area is 322 Å².